The van der Waals surface area contributed by atoms with Crippen LogP contribution >= 0.6 is 0 Å². The van der Waals surface area contributed by atoms with Gasteiger partial charge in [-0.25, -0.2) is 0 Å². The van der Waals surface area contributed by atoms with Gasteiger partial charge in [-0.3, -0.25) is 0 Å². The number of rotatable bonds is 3. The molecule has 1 heteroatoms. The van der Waals surface area contributed by atoms with Gasteiger partial charge in [0.2, 0.25) is 0 Å². The summed E-state index contributed by atoms with van der Waals surface area (Å²) in [7, 11) is 0. The SMILES string of the molecule is CCCOc1[c][c]c[c][c]1. The van der Waals surface area contributed by atoms with Gasteiger partial charge in [-0.05, 0) is 24.6 Å². The van der Waals surface area contributed by atoms with E-state index in [0.29, 0.717) is 12.4 Å². The first-order chi connectivity index (χ1) is 4.93. The van der Waals surface area contributed by atoms with E-state index in [2.05, 4.69) is 31.2 Å². The first kappa shape index (κ1) is 7.13. The average molecular weight is 132 g/mol. The molecule has 0 saturated carbocycles. The Morgan fingerprint density at radius 1 is 1.40 bits per heavy atom. The van der Waals surface area contributed by atoms with Crippen LogP contribution in [0.3, 0.4) is 0 Å². The second-order valence-corrected chi connectivity index (χ2v) is 1.86. The van der Waals surface area contributed by atoms with Crippen LogP contribution in [0.25, 0.3) is 0 Å². The zero-order chi connectivity index (χ0) is 7.23. The highest BCUT2D eigenvalue weighted by Gasteiger charge is 1.88. The van der Waals surface area contributed by atoms with E-state index in [1.54, 1.807) is 6.07 Å². The lowest BCUT2D eigenvalue weighted by molar-refractivity contribution is 0.316. The smallest absolute Gasteiger partial charge is 0.136 e. The molecule has 0 bridgehead atoms. The highest BCUT2D eigenvalue weighted by molar-refractivity contribution is 5.15. The van der Waals surface area contributed by atoms with E-state index in [1.165, 1.54) is 0 Å². The molecule has 0 fully saturated rings. The largest absolute Gasteiger partial charge is 0.492 e. The molecule has 0 aliphatic heterocycles. The van der Waals surface area contributed by atoms with Crippen molar-refractivity contribution in [2.75, 3.05) is 6.61 Å². The van der Waals surface area contributed by atoms with Gasteiger partial charge in [-0.15, -0.1) is 0 Å². The summed E-state index contributed by atoms with van der Waals surface area (Å²) in [5.41, 5.74) is 0. The third kappa shape index (κ3) is 2.09. The van der Waals surface area contributed by atoms with Crippen molar-refractivity contribution >= 4 is 0 Å². The van der Waals surface area contributed by atoms with Gasteiger partial charge in [0, 0.05) is 12.1 Å². The third-order valence-corrected chi connectivity index (χ3v) is 0.966. The molecular formula is C9H8O. The molecule has 0 aliphatic rings. The van der Waals surface area contributed by atoms with Crippen molar-refractivity contribution < 1.29 is 4.74 Å². The Hall–Kier alpha value is -0.980. The quantitative estimate of drug-likeness (QED) is 0.608. The zero-order valence-corrected chi connectivity index (χ0v) is 5.90. The fourth-order valence-corrected chi connectivity index (χ4v) is 0.547. The number of hydrogen-bond acceptors (Lipinski definition) is 1. The molecule has 1 nitrogen and oxygen atoms in total. The van der Waals surface area contributed by atoms with E-state index in [0.717, 1.165) is 6.42 Å². The van der Waals surface area contributed by atoms with Gasteiger partial charge >= 0.3 is 0 Å². The molecule has 0 spiro atoms. The van der Waals surface area contributed by atoms with E-state index in [9.17, 15) is 0 Å². The van der Waals surface area contributed by atoms with Crippen molar-refractivity contribution in [2.45, 2.75) is 13.3 Å². The van der Waals surface area contributed by atoms with Crippen LogP contribution in [0, 0.1) is 24.3 Å². The fraction of sp³-hybridized carbons (Fsp3) is 0.333. The van der Waals surface area contributed by atoms with Gasteiger partial charge in [0.15, 0.2) is 0 Å². The van der Waals surface area contributed by atoms with Gasteiger partial charge in [-0.2, -0.15) is 0 Å². The van der Waals surface area contributed by atoms with Gasteiger partial charge in [0.05, 0.1) is 6.61 Å². The molecule has 0 aromatic heterocycles. The second kappa shape index (κ2) is 3.94. The van der Waals surface area contributed by atoms with Crippen molar-refractivity contribution in [3.8, 4) is 5.75 Å². The Kier molecular flexibility index (Phi) is 2.81. The van der Waals surface area contributed by atoms with Gasteiger partial charge in [-0.1, -0.05) is 6.92 Å². The third-order valence-electron chi connectivity index (χ3n) is 0.966. The Morgan fingerprint density at radius 3 is 2.70 bits per heavy atom. The summed E-state index contributed by atoms with van der Waals surface area (Å²) in [4.78, 5) is 0. The summed E-state index contributed by atoms with van der Waals surface area (Å²) in [6, 6.07) is 12.6. The maximum atomic E-state index is 5.18. The summed E-state index contributed by atoms with van der Waals surface area (Å²) in [5, 5.41) is 0. The van der Waals surface area contributed by atoms with Crippen molar-refractivity contribution in [1.82, 2.24) is 0 Å². The number of ether oxygens (including phenoxy) is 1. The van der Waals surface area contributed by atoms with Crippen LogP contribution < -0.4 is 4.74 Å². The molecule has 0 heterocycles. The highest BCUT2D eigenvalue weighted by atomic mass is 16.5. The van der Waals surface area contributed by atoms with E-state index in [-0.39, 0.29) is 0 Å². The second-order valence-electron chi connectivity index (χ2n) is 1.86. The van der Waals surface area contributed by atoms with E-state index in [1.807, 2.05) is 0 Å². The van der Waals surface area contributed by atoms with Crippen molar-refractivity contribution in [3.63, 3.8) is 0 Å². The summed E-state index contributed by atoms with van der Waals surface area (Å²) >= 11 is 0. The molecule has 10 heavy (non-hydrogen) atoms. The lowest BCUT2D eigenvalue weighted by Gasteiger charge is -2.00. The van der Waals surface area contributed by atoms with Crippen LogP contribution in [0.2, 0.25) is 0 Å². The van der Waals surface area contributed by atoms with Crippen LogP contribution in [0.4, 0.5) is 0 Å². The fourth-order valence-electron chi connectivity index (χ4n) is 0.547. The maximum absolute atomic E-state index is 5.18. The van der Waals surface area contributed by atoms with Crippen LogP contribution in [0.5, 0.6) is 5.75 Å². The molecule has 0 atom stereocenters. The molecule has 0 amide bonds. The molecule has 0 aliphatic carbocycles. The van der Waals surface area contributed by atoms with E-state index in [4.69, 9.17) is 4.74 Å². The summed E-state index contributed by atoms with van der Waals surface area (Å²) < 4.78 is 5.18. The standard InChI is InChI=1S/C9H8O/c1-2-8-10-9-6-4-3-5-7-9/h3H,2,8H2,1H3. The molecule has 4 radical (unpaired) electrons. The molecule has 0 unspecified atom stereocenters. The Labute approximate surface area is 61.6 Å². The Bertz CT molecular complexity index is 169. The van der Waals surface area contributed by atoms with Crippen LogP contribution in [-0.4, -0.2) is 6.61 Å². The van der Waals surface area contributed by atoms with Gasteiger partial charge in [0.25, 0.3) is 0 Å². The predicted molar refractivity (Wildman–Crippen MR) is 37.6 cm³/mol. The van der Waals surface area contributed by atoms with Crippen molar-refractivity contribution in [3.05, 3.63) is 30.3 Å². The monoisotopic (exact) mass is 132 g/mol. The predicted octanol–water partition coefficient (Wildman–Crippen LogP) is 1.68. The minimum absolute atomic E-state index is 0.601. The number of hydrogen-bond donors (Lipinski definition) is 0. The van der Waals surface area contributed by atoms with E-state index < -0.39 is 0 Å². The molecule has 0 N–H and O–H groups in total. The van der Waals surface area contributed by atoms with Crippen LogP contribution in [0.1, 0.15) is 13.3 Å². The molecule has 1 rings (SSSR count). The van der Waals surface area contributed by atoms with Crippen molar-refractivity contribution in [1.29, 1.82) is 0 Å². The van der Waals surface area contributed by atoms with Crippen LogP contribution in [-0.2, 0) is 0 Å². The van der Waals surface area contributed by atoms with E-state index >= 15 is 0 Å². The summed E-state index contributed by atoms with van der Waals surface area (Å²) in [6.07, 6.45) is 0.997. The number of benzene rings is 1. The molecule has 1 aromatic rings. The molecule has 50 valence electrons. The molecular weight excluding hydrogens is 124 g/mol. The molecule has 0 saturated heterocycles. The normalized spacial score (nSPS) is 9.30. The van der Waals surface area contributed by atoms with Crippen molar-refractivity contribution in [2.24, 2.45) is 0 Å². The first-order valence-electron chi connectivity index (χ1n) is 3.28. The highest BCUT2D eigenvalue weighted by Crippen LogP contribution is 2.04. The van der Waals surface area contributed by atoms with Gasteiger partial charge in [0.1, 0.15) is 5.75 Å². The minimum atomic E-state index is 0.601. The lowest BCUT2D eigenvalue weighted by Crippen LogP contribution is -1.94. The summed E-state index contributed by atoms with van der Waals surface area (Å²) in [5.74, 6) is 0.601. The van der Waals surface area contributed by atoms with Gasteiger partial charge < -0.3 is 4.74 Å². The molecule has 1 aromatic carbocycles. The first-order valence-corrected chi connectivity index (χ1v) is 3.28. The maximum Gasteiger partial charge on any atom is 0.136 e. The zero-order valence-electron chi connectivity index (χ0n) is 5.90. The Balaban J connectivity index is 2.43. The average Bonchev–Trinajstić information content (AvgIpc) is 2.03. The lowest BCUT2D eigenvalue weighted by atomic mass is 10.3. The Morgan fingerprint density at radius 2 is 2.10 bits per heavy atom. The minimum Gasteiger partial charge on any atom is -0.492 e. The topological polar surface area (TPSA) is 9.23 Å². The van der Waals surface area contributed by atoms with Crippen LogP contribution in [0.15, 0.2) is 6.07 Å². The summed E-state index contributed by atoms with van der Waals surface area (Å²) in [6.45, 7) is 2.76.